The normalized spacial score (nSPS) is 14.6. The molecule has 1 N–H and O–H groups in total. The topological polar surface area (TPSA) is 75.9 Å². The first-order chi connectivity index (χ1) is 13.5. The molecule has 1 amide bonds. The predicted octanol–water partition coefficient (Wildman–Crippen LogP) is 3.48. The average Bonchev–Trinajstić information content (AvgIpc) is 3.32. The van der Waals surface area contributed by atoms with Gasteiger partial charge in [-0.25, -0.2) is 14.6 Å². The van der Waals surface area contributed by atoms with E-state index in [0.29, 0.717) is 18.3 Å². The fraction of sp³-hybridized carbons (Fsp3) is 0.700. The van der Waals surface area contributed by atoms with Gasteiger partial charge in [0.2, 0.25) is 5.91 Å². The van der Waals surface area contributed by atoms with Gasteiger partial charge in [-0.3, -0.25) is 4.79 Å². The highest BCUT2D eigenvalue weighted by molar-refractivity contribution is 7.99. The van der Waals surface area contributed by atoms with Crippen molar-refractivity contribution in [1.82, 2.24) is 25.1 Å². The number of thioether (sulfide) groups is 1. The molecule has 0 atom stereocenters. The van der Waals surface area contributed by atoms with Crippen molar-refractivity contribution in [2.75, 3.05) is 24.5 Å². The van der Waals surface area contributed by atoms with Gasteiger partial charge in [-0.15, -0.1) is 0 Å². The van der Waals surface area contributed by atoms with Crippen molar-refractivity contribution in [3.05, 3.63) is 6.20 Å². The molecule has 3 rings (SSSR count). The van der Waals surface area contributed by atoms with Gasteiger partial charge in [0.05, 0.1) is 18.1 Å². The number of aromatic nitrogens is 4. The van der Waals surface area contributed by atoms with Crippen LogP contribution in [0.1, 0.15) is 53.4 Å². The van der Waals surface area contributed by atoms with Crippen LogP contribution in [0.2, 0.25) is 0 Å². The first kappa shape index (κ1) is 20.9. The number of nitrogens with zero attached hydrogens (tertiary/aromatic N) is 5. The Labute approximate surface area is 171 Å². The van der Waals surface area contributed by atoms with E-state index in [4.69, 9.17) is 9.97 Å². The molecule has 0 aliphatic carbocycles. The smallest absolute Gasteiger partial charge is 0.223 e. The summed E-state index contributed by atoms with van der Waals surface area (Å²) in [7, 11) is 0. The monoisotopic (exact) mass is 404 g/mol. The second-order valence-corrected chi connectivity index (χ2v) is 9.14. The second kappa shape index (κ2) is 9.58. The van der Waals surface area contributed by atoms with Gasteiger partial charge >= 0.3 is 0 Å². The Balaban J connectivity index is 1.81. The molecule has 0 aromatic carbocycles. The molecule has 0 saturated carbocycles. The first-order valence-corrected chi connectivity index (χ1v) is 11.3. The lowest BCUT2D eigenvalue weighted by molar-refractivity contribution is -0.125. The van der Waals surface area contributed by atoms with Crippen LogP contribution in [-0.4, -0.2) is 50.5 Å². The van der Waals surface area contributed by atoms with E-state index < -0.39 is 0 Å². The molecule has 1 aliphatic heterocycles. The summed E-state index contributed by atoms with van der Waals surface area (Å²) in [6.07, 6.45) is 6.02. The van der Waals surface area contributed by atoms with Gasteiger partial charge in [-0.2, -0.15) is 5.10 Å². The minimum atomic E-state index is 0.0903. The van der Waals surface area contributed by atoms with Crippen LogP contribution in [0.3, 0.4) is 0 Å². The highest BCUT2D eigenvalue weighted by Gasteiger charge is 2.21. The van der Waals surface area contributed by atoms with E-state index in [2.05, 4.69) is 43.0 Å². The molecule has 1 fully saturated rings. The van der Waals surface area contributed by atoms with Gasteiger partial charge < -0.3 is 10.2 Å². The Morgan fingerprint density at radius 1 is 1.21 bits per heavy atom. The number of carbonyl (C=O) groups excluding carboxylic acids is 1. The maximum absolute atomic E-state index is 12.2. The number of fused-ring (bicyclic) bond motifs is 1. The van der Waals surface area contributed by atoms with E-state index >= 15 is 0 Å². The zero-order valence-electron chi connectivity index (χ0n) is 17.4. The molecule has 7 nitrogen and oxygen atoms in total. The fourth-order valence-electron chi connectivity index (χ4n) is 3.61. The molecule has 0 radical (unpaired) electrons. The van der Waals surface area contributed by atoms with Crippen molar-refractivity contribution in [2.24, 2.45) is 5.92 Å². The number of anilines is 1. The third-order valence-electron chi connectivity index (χ3n) is 5.18. The van der Waals surface area contributed by atoms with E-state index in [1.807, 2.05) is 10.9 Å². The third kappa shape index (κ3) is 4.77. The second-order valence-electron chi connectivity index (χ2n) is 7.60. The Kier molecular flexibility index (Phi) is 7.15. The van der Waals surface area contributed by atoms with Crippen molar-refractivity contribution >= 4 is 34.5 Å². The third-order valence-corrected chi connectivity index (χ3v) is 6.05. The molecule has 1 saturated heterocycles. The summed E-state index contributed by atoms with van der Waals surface area (Å²) in [4.78, 5) is 24.2. The minimum Gasteiger partial charge on any atom is -0.356 e. The van der Waals surface area contributed by atoms with Crippen LogP contribution in [0, 0.1) is 5.92 Å². The molecule has 0 unspecified atom stereocenters. The van der Waals surface area contributed by atoms with E-state index in [9.17, 15) is 4.79 Å². The molecule has 154 valence electrons. The lowest BCUT2D eigenvalue weighted by Crippen LogP contribution is -2.32. The molecule has 2 aromatic rings. The molecule has 0 spiro atoms. The lowest BCUT2D eigenvalue weighted by Gasteiger charge is -2.18. The van der Waals surface area contributed by atoms with E-state index in [1.54, 1.807) is 11.8 Å². The van der Waals surface area contributed by atoms with Crippen LogP contribution in [0.25, 0.3) is 11.0 Å². The van der Waals surface area contributed by atoms with Gasteiger partial charge in [0.15, 0.2) is 10.8 Å². The summed E-state index contributed by atoms with van der Waals surface area (Å²) in [5.41, 5.74) is 0.858. The summed E-state index contributed by atoms with van der Waals surface area (Å²) < 4.78 is 1.90. The number of amides is 1. The number of rotatable bonds is 9. The standard InChI is InChI=1S/C20H32N6OS/c1-5-15(6-2)19(27)21-9-12-26-18-16(13-22-26)17(25-10-7-8-11-25)23-20(24-18)28-14(3)4/h13-15H,5-12H2,1-4H3,(H,21,27). The summed E-state index contributed by atoms with van der Waals surface area (Å²) in [5.74, 6) is 1.22. The Morgan fingerprint density at radius 3 is 2.57 bits per heavy atom. The van der Waals surface area contributed by atoms with Crippen LogP contribution in [0.5, 0.6) is 0 Å². The number of carbonyl (C=O) groups is 1. The summed E-state index contributed by atoms with van der Waals surface area (Å²) >= 11 is 1.68. The van der Waals surface area contributed by atoms with Crippen LogP contribution in [-0.2, 0) is 11.3 Å². The van der Waals surface area contributed by atoms with E-state index in [1.165, 1.54) is 12.8 Å². The quantitative estimate of drug-likeness (QED) is 0.509. The molecule has 0 bridgehead atoms. The summed E-state index contributed by atoms with van der Waals surface area (Å²) in [6.45, 7) is 11.7. The molecule has 8 heteroatoms. The maximum atomic E-state index is 12.2. The fourth-order valence-corrected chi connectivity index (χ4v) is 4.31. The first-order valence-electron chi connectivity index (χ1n) is 10.5. The summed E-state index contributed by atoms with van der Waals surface area (Å²) in [6, 6.07) is 0. The molecule has 28 heavy (non-hydrogen) atoms. The van der Waals surface area contributed by atoms with Crippen LogP contribution < -0.4 is 10.2 Å². The zero-order chi connectivity index (χ0) is 20.1. The van der Waals surface area contributed by atoms with Gasteiger partial charge in [0, 0.05) is 30.8 Å². The van der Waals surface area contributed by atoms with Crippen molar-refractivity contribution in [3.8, 4) is 0 Å². The summed E-state index contributed by atoms with van der Waals surface area (Å²) in [5, 5.41) is 9.82. The number of nitrogens with one attached hydrogen (secondary N) is 1. The Morgan fingerprint density at radius 2 is 1.93 bits per heavy atom. The molecular weight excluding hydrogens is 372 g/mol. The predicted molar refractivity (Wildman–Crippen MR) is 115 cm³/mol. The van der Waals surface area contributed by atoms with E-state index in [0.717, 1.165) is 47.9 Å². The van der Waals surface area contributed by atoms with Crippen LogP contribution >= 0.6 is 11.8 Å². The number of hydrogen-bond donors (Lipinski definition) is 1. The van der Waals surface area contributed by atoms with E-state index in [-0.39, 0.29) is 11.8 Å². The minimum absolute atomic E-state index is 0.0903. The van der Waals surface area contributed by atoms with Crippen molar-refractivity contribution in [3.63, 3.8) is 0 Å². The molecular formula is C20H32N6OS. The van der Waals surface area contributed by atoms with Crippen molar-refractivity contribution in [2.45, 2.75) is 70.3 Å². The van der Waals surface area contributed by atoms with Gasteiger partial charge in [-0.1, -0.05) is 39.5 Å². The molecule has 3 heterocycles. The zero-order valence-corrected chi connectivity index (χ0v) is 18.3. The van der Waals surface area contributed by atoms with Gasteiger partial charge in [-0.05, 0) is 25.7 Å². The molecule has 1 aliphatic rings. The number of hydrogen-bond acceptors (Lipinski definition) is 6. The van der Waals surface area contributed by atoms with Crippen molar-refractivity contribution < 1.29 is 4.79 Å². The maximum Gasteiger partial charge on any atom is 0.223 e. The average molecular weight is 405 g/mol. The SMILES string of the molecule is CCC(CC)C(=O)NCCn1ncc2c(N3CCCC3)nc(SC(C)C)nc21. The Hall–Kier alpha value is -1.83. The van der Waals surface area contributed by atoms with Crippen molar-refractivity contribution in [1.29, 1.82) is 0 Å². The highest BCUT2D eigenvalue weighted by Crippen LogP contribution is 2.30. The Bertz CT molecular complexity index is 795. The largest absolute Gasteiger partial charge is 0.356 e. The molecule has 2 aromatic heterocycles. The van der Waals surface area contributed by atoms with Crippen LogP contribution in [0.4, 0.5) is 5.82 Å². The van der Waals surface area contributed by atoms with Gasteiger partial charge in [0.25, 0.3) is 0 Å². The highest BCUT2D eigenvalue weighted by atomic mass is 32.2. The van der Waals surface area contributed by atoms with Gasteiger partial charge in [0.1, 0.15) is 5.82 Å². The lowest BCUT2D eigenvalue weighted by atomic mass is 10.0. The van der Waals surface area contributed by atoms with Crippen LogP contribution in [0.15, 0.2) is 11.4 Å².